The van der Waals surface area contributed by atoms with Crippen LogP contribution in [0.25, 0.3) is 11.2 Å². The topological polar surface area (TPSA) is 146 Å². The van der Waals surface area contributed by atoms with Crippen molar-refractivity contribution in [1.82, 2.24) is 19.5 Å². The molecule has 5 atom stereocenters. The van der Waals surface area contributed by atoms with Gasteiger partial charge in [-0.3, -0.25) is 4.57 Å². The number of fused-ring (bicyclic) bond motifs is 1. The molecule has 1 unspecified atom stereocenters. The third-order valence-electron chi connectivity index (χ3n) is 4.47. The monoisotopic (exact) mass is 367 g/mol. The number of aromatic nitrogens is 4. The summed E-state index contributed by atoms with van der Waals surface area (Å²) in [6.07, 6.45) is -0.656. The number of hydrogen-bond donors (Lipinski definition) is 5. The van der Waals surface area contributed by atoms with Crippen LogP contribution in [0.5, 0.6) is 0 Å². The van der Waals surface area contributed by atoms with Crippen LogP contribution in [0.4, 0.5) is 5.82 Å². The summed E-state index contributed by atoms with van der Waals surface area (Å²) >= 11 is 0. The quantitative estimate of drug-likeness (QED) is 0.427. The molecule has 3 rings (SSSR count). The van der Waals surface area contributed by atoms with Crippen LogP contribution < -0.4 is 5.32 Å². The van der Waals surface area contributed by atoms with E-state index in [0.29, 0.717) is 22.9 Å². The third-order valence-corrected chi connectivity index (χ3v) is 4.47. The van der Waals surface area contributed by atoms with Gasteiger partial charge in [0.1, 0.15) is 24.6 Å². The second-order valence-corrected chi connectivity index (χ2v) is 6.93. The van der Waals surface area contributed by atoms with Crippen LogP contribution in [0.3, 0.4) is 0 Å². The van der Waals surface area contributed by atoms with E-state index in [1.54, 1.807) is 0 Å². The van der Waals surface area contributed by atoms with Gasteiger partial charge < -0.3 is 30.5 Å². The van der Waals surface area contributed by atoms with Crippen LogP contribution in [-0.4, -0.2) is 77.5 Å². The van der Waals surface area contributed by atoms with Gasteiger partial charge in [-0.05, 0) is 12.3 Å². The van der Waals surface area contributed by atoms with Gasteiger partial charge >= 0.3 is 0 Å². The smallest absolute Gasteiger partial charge is 0.167 e. The number of nitrogens with zero attached hydrogens (tertiary/aromatic N) is 4. The molecule has 0 aromatic carbocycles. The minimum Gasteiger partial charge on any atom is -0.394 e. The van der Waals surface area contributed by atoms with E-state index < -0.39 is 31.1 Å². The average Bonchev–Trinajstić information content (AvgIpc) is 3.16. The van der Waals surface area contributed by atoms with Crippen molar-refractivity contribution in [3.63, 3.8) is 0 Å². The highest BCUT2D eigenvalue weighted by Gasteiger charge is 2.44. The lowest BCUT2D eigenvalue weighted by Gasteiger charge is -2.19. The molecule has 10 nitrogen and oxygen atoms in total. The summed E-state index contributed by atoms with van der Waals surface area (Å²) in [5.74, 6) is 0.869. The number of ether oxygens (including phenoxy) is 1. The number of nitrogens with one attached hydrogen (secondary N) is 1. The molecule has 0 bridgehead atoms. The van der Waals surface area contributed by atoms with Crippen molar-refractivity contribution in [2.75, 3.05) is 18.5 Å². The largest absolute Gasteiger partial charge is 0.394 e. The van der Waals surface area contributed by atoms with Gasteiger partial charge in [0.2, 0.25) is 0 Å². The van der Waals surface area contributed by atoms with Crippen molar-refractivity contribution in [2.45, 2.75) is 50.8 Å². The van der Waals surface area contributed by atoms with Crippen molar-refractivity contribution in [2.24, 2.45) is 5.92 Å². The molecule has 144 valence electrons. The number of aliphatic hydroxyl groups excluding tert-OH is 4. The molecule has 0 spiro atoms. The summed E-state index contributed by atoms with van der Waals surface area (Å²) in [6.45, 7) is 3.68. The van der Waals surface area contributed by atoms with Gasteiger partial charge in [0.15, 0.2) is 23.2 Å². The van der Waals surface area contributed by atoms with Crippen molar-refractivity contribution in [1.29, 1.82) is 0 Å². The predicted molar refractivity (Wildman–Crippen MR) is 92.3 cm³/mol. The number of hydrogen-bond acceptors (Lipinski definition) is 9. The Hall–Kier alpha value is -1.85. The second kappa shape index (κ2) is 7.80. The number of rotatable bonds is 7. The summed E-state index contributed by atoms with van der Waals surface area (Å²) in [6, 6.07) is -0.174. The van der Waals surface area contributed by atoms with E-state index in [1.807, 2.05) is 0 Å². The van der Waals surface area contributed by atoms with E-state index in [4.69, 9.17) is 4.74 Å². The van der Waals surface area contributed by atoms with Gasteiger partial charge in [-0.15, -0.1) is 0 Å². The molecule has 0 aliphatic carbocycles. The third kappa shape index (κ3) is 3.51. The molecule has 0 radical (unpaired) electrons. The molecule has 1 aliphatic heterocycles. The number of anilines is 1. The maximum atomic E-state index is 10.2. The predicted octanol–water partition coefficient (Wildman–Crippen LogP) is -0.743. The van der Waals surface area contributed by atoms with Crippen molar-refractivity contribution in [3.8, 4) is 0 Å². The highest BCUT2D eigenvalue weighted by molar-refractivity contribution is 5.82. The first-order valence-electron chi connectivity index (χ1n) is 8.63. The molecule has 1 saturated heterocycles. The fourth-order valence-corrected chi connectivity index (χ4v) is 3.20. The van der Waals surface area contributed by atoms with Crippen LogP contribution in [0.1, 0.15) is 26.5 Å². The Kier molecular flexibility index (Phi) is 5.68. The fourth-order valence-electron chi connectivity index (χ4n) is 3.20. The van der Waals surface area contributed by atoms with Crippen LogP contribution >= 0.6 is 0 Å². The van der Waals surface area contributed by atoms with E-state index in [0.717, 1.165) is 6.42 Å². The minimum absolute atomic E-state index is 0.0425. The molecule has 2 aromatic rings. The van der Waals surface area contributed by atoms with E-state index in [-0.39, 0.29) is 12.6 Å². The molecule has 3 heterocycles. The van der Waals surface area contributed by atoms with Crippen molar-refractivity contribution < 1.29 is 25.2 Å². The van der Waals surface area contributed by atoms with Gasteiger partial charge in [-0.1, -0.05) is 13.8 Å². The zero-order valence-electron chi connectivity index (χ0n) is 14.7. The highest BCUT2D eigenvalue weighted by atomic mass is 16.6. The van der Waals surface area contributed by atoms with Gasteiger partial charge in [-0.2, -0.15) is 0 Å². The molecule has 10 heteroatoms. The summed E-state index contributed by atoms with van der Waals surface area (Å²) < 4.78 is 7.04. The highest BCUT2D eigenvalue weighted by Crippen LogP contribution is 2.32. The van der Waals surface area contributed by atoms with Crippen LogP contribution in [0.15, 0.2) is 12.7 Å². The van der Waals surface area contributed by atoms with Gasteiger partial charge in [0, 0.05) is 0 Å². The first kappa shape index (κ1) is 18.9. The summed E-state index contributed by atoms with van der Waals surface area (Å²) in [5, 5.41) is 42.2. The summed E-state index contributed by atoms with van der Waals surface area (Å²) in [5.41, 5.74) is 0.881. The second-order valence-electron chi connectivity index (χ2n) is 6.93. The lowest BCUT2D eigenvalue weighted by Crippen LogP contribution is -2.33. The van der Waals surface area contributed by atoms with Gasteiger partial charge in [0.25, 0.3) is 0 Å². The van der Waals surface area contributed by atoms with E-state index in [1.165, 1.54) is 17.2 Å². The zero-order valence-corrected chi connectivity index (χ0v) is 14.7. The normalized spacial score (nSPS) is 27.3. The Morgan fingerprint density at radius 3 is 2.58 bits per heavy atom. The first-order valence-corrected chi connectivity index (χ1v) is 8.63. The summed E-state index contributed by atoms with van der Waals surface area (Å²) in [4.78, 5) is 12.7. The standard InChI is InChI=1S/C16H25N5O5/c1-8(2)3-9(4-22)20-14-11-15(18-6-17-14)21(7-19-11)16-13(25)12(24)10(5-23)26-16/h6-10,12-13,16,22-25H,3-5H2,1-2H3,(H,17,18,20)/t9-,10+,12+,13+,16?/m0/s1. The average molecular weight is 367 g/mol. The van der Waals surface area contributed by atoms with Crippen molar-refractivity contribution in [3.05, 3.63) is 12.7 Å². The fraction of sp³-hybridized carbons (Fsp3) is 0.688. The van der Waals surface area contributed by atoms with E-state index >= 15 is 0 Å². The van der Waals surface area contributed by atoms with Crippen LogP contribution in [0.2, 0.25) is 0 Å². The van der Waals surface area contributed by atoms with Gasteiger partial charge in [-0.25, -0.2) is 15.0 Å². The Morgan fingerprint density at radius 1 is 1.19 bits per heavy atom. The Bertz CT molecular complexity index is 739. The Morgan fingerprint density at radius 2 is 1.96 bits per heavy atom. The molecule has 2 aromatic heterocycles. The molecular formula is C16H25N5O5. The van der Waals surface area contributed by atoms with Crippen LogP contribution in [0, 0.1) is 5.92 Å². The Balaban J connectivity index is 1.89. The number of aliphatic hydroxyl groups is 4. The molecule has 1 fully saturated rings. The minimum atomic E-state index is -1.22. The Labute approximate surface area is 150 Å². The zero-order chi connectivity index (χ0) is 18.8. The number of imidazole rings is 1. The lowest BCUT2D eigenvalue weighted by atomic mass is 10.0. The van der Waals surface area contributed by atoms with E-state index in [2.05, 4.69) is 34.1 Å². The van der Waals surface area contributed by atoms with Crippen LogP contribution in [-0.2, 0) is 4.74 Å². The molecular weight excluding hydrogens is 342 g/mol. The first-order chi connectivity index (χ1) is 12.5. The summed E-state index contributed by atoms with van der Waals surface area (Å²) in [7, 11) is 0. The van der Waals surface area contributed by atoms with Gasteiger partial charge in [0.05, 0.1) is 25.6 Å². The maximum Gasteiger partial charge on any atom is 0.167 e. The maximum absolute atomic E-state index is 10.2. The SMILES string of the molecule is CC(C)C[C@@H](CO)Nc1ncnc2c1ncn2C1O[C@H](CO)[C@@H](O)[C@H]1O. The van der Waals surface area contributed by atoms with Crippen molar-refractivity contribution >= 4 is 17.0 Å². The molecule has 0 amide bonds. The molecule has 1 aliphatic rings. The molecule has 5 N–H and O–H groups in total. The lowest BCUT2D eigenvalue weighted by molar-refractivity contribution is -0.0511. The van der Waals surface area contributed by atoms with E-state index in [9.17, 15) is 20.4 Å². The molecule has 26 heavy (non-hydrogen) atoms. The molecule has 0 saturated carbocycles.